The minimum atomic E-state index is -0.373. The normalized spacial score (nSPS) is 10.8. The fourth-order valence-electron chi connectivity index (χ4n) is 3.33. The highest BCUT2D eigenvalue weighted by Gasteiger charge is 2.06. The molecule has 0 aliphatic heterocycles. The first-order valence-corrected chi connectivity index (χ1v) is 13.0. The van der Waals surface area contributed by atoms with E-state index in [9.17, 15) is 9.59 Å². The van der Waals surface area contributed by atoms with Crippen LogP contribution in [0.2, 0.25) is 0 Å². The van der Waals surface area contributed by atoms with Crippen molar-refractivity contribution in [2.24, 2.45) is 5.10 Å². The van der Waals surface area contributed by atoms with Gasteiger partial charge < -0.3 is 10.1 Å². The topological polar surface area (TPSA) is 79.8 Å². The number of unbranched alkanes of at least 4 members (excludes halogenated alkanes) is 10. The summed E-state index contributed by atoms with van der Waals surface area (Å²) in [5, 5.41) is 6.61. The number of rotatable bonds is 19. The monoisotopic (exact) mass is 521 g/mol. The van der Waals surface area contributed by atoms with E-state index in [2.05, 4.69) is 45.3 Å². The molecule has 0 saturated heterocycles. The SMILES string of the molecule is C=CCOc1ccc(Br)cc1/C=N/NC(=O)CNC(=O)CCCCCCCCCCCCC. The van der Waals surface area contributed by atoms with Gasteiger partial charge in [-0.05, 0) is 24.6 Å². The standard InChI is InChI=1S/C26H40BrN3O3/c1-3-5-6-7-8-9-10-11-12-13-14-15-25(31)28-21-26(32)30-29-20-22-19-23(27)16-17-24(22)33-18-4-2/h4,16-17,19-20H,2-3,5-15,18,21H2,1H3,(H,28,31)(H,30,32)/b29-20+. The van der Waals surface area contributed by atoms with Crippen molar-refractivity contribution in [1.82, 2.24) is 10.7 Å². The molecule has 2 amide bonds. The third-order valence-corrected chi connectivity index (χ3v) is 5.67. The summed E-state index contributed by atoms with van der Waals surface area (Å²) in [6.45, 7) is 6.16. The number of hydrazone groups is 1. The molecule has 0 radical (unpaired) electrons. The van der Waals surface area contributed by atoms with Gasteiger partial charge in [0.2, 0.25) is 5.91 Å². The molecule has 6 nitrogen and oxygen atoms in total. The number of ether oxygens (including phenoxy) is 1. The summed E-state index contributed by atoms with van der Waals surface area (Å²) < 4.78 is 6.44. The third-order valence-electron chi connectivity index (χ3n) is 5.17. The molecule has 0 aliphatic rings. The lowest BCUT2D eigenvalue weighted by molar-refractivity contribution is -0.126. The lowest BCUT2D eigenvalue weighted by Gasteiger charge is -2.07. The summed E-state index contributed by atoms with van der Waals surface area (Å²) in [6, 6.07) is 5.51. The summed E-state index contributed by atoms with van der Waals surface area (Å²) in [6.07, 6.45) is 17.3. The van der Waals surface area contributed by atoms with Gasteiger partial charge >= 0.3 is 0 Å². The number of hydrogen-bond donors (Lipinski definition) is 2. The van der Waals surface area contributed by atoms with Gasteiger partial charge in [-0.2, -0.15) is 5.10 Å². The number of nitrogens with zero attached hydrogens (tertiary/aromatic N) is 1. The first-order valence-electron chi connectivity index (χ1n) is 12.2. The van der Waals surface area contributed by atoms with Crippen molar-refractivity contribution in [2.45, 2.75) is 84.0 Å². The molecule has 0 atom stereocenters. The smallest absolute Gasteiger partial charge is 0.259 e. The number of hydrogen-bond acceptors (Lipinski definition) is 4. The number of amides is 2. The van der Waals surface area contributed by atoms with E-state index in [-0.39, 0.29) is 18.4 Å². The molecule has 33 heavy (non-hydrogen) atoms. The Morgan fingerprint density at radius 2 is 1.64 bits per heavy atom. The third kappa shape index (κ3) is 15.3. The van der Waals surface area contributed by atoms with Crippen molar-refractivity contribution >= 4 is 34.0 Å². The quantitative estimate of drug-likeness (QED) is 0.0971. The van der Waals surface area contributed by atoms with Crippen molar-refractivity contribution < 1.29 is 14.3 Å². The maximum Gasteiger partial charge on any atom is 0.259 e. The number of halogens is 1. The van der Waals surface area contributed by atoms with Gasteiger partial charge in [0, 0.05) is 16.5 Å². The van der Waals surface area contributed by atoms with Crippen LogP contribution in [0.15, 0.2) is 40.4 Å². The van der Waals surface area contributed by atoms with Crippen LogP contribution in [-0.4, -0.2) is 31.2 Å². The lowest BCUT2D eigenvalue weighted by Crippen LogP contribution is -2.34. The van der Waals surface area contributed by atoms with E-state index in [0.29, 0.717) is 24.3 Å². The van der Waals surface area contributed by atoms with Crippen molar-refractivity contribution in [1.29, 1.82) is 0 Å². The predicted molar refractivity (Wildman–Crippen MR) is 140 cm³/mol. The Bertz CT molecular complexity index is 737. The van der Waals surface area contributed by atoms with Gasteiger partial charge in [-0.3, -0.25) is 9.59 Å². The molecule has 0 heterocycles. The second-order valence-corrected chi connectivity index (χ2v) is 9.05. The molecule has 1 rings (SSSR count). The van der Waals surface area contributed by atoms with Gasteiger partial charge in [0.05, 0.1) is 12.8 Å². The molecule has 2 N–H and O–H groups in total. The van der Waals surface area contributed by atoms with E-state index in [1.54, 1.807) is 6.08 Å². The Hall–Kier alpha value is -2.15. The average Bonchev–Trinajstić information content (AvgIpc) is 2.80. The maximum atomic E-state index is 11.9. The van der Waals surface area contributed by atoms with E-state index in [1.807, 2.05) is 18.2 Å². The number of nitrogens with one attached hydrogen (secondary N) is 2. The highest BCUT2D eigenvalue weighted by atomic mass is 79.9. The zero-order chi connectivity index (χ0) is 24.2. The van der Waals surface area contributed by atoms with Crippen LogP contribution < -0.4 is 15.5 Å². The molecule has 0 aliphatic carbocycles. The van der Waals surface area contributed by atoms with Crippen LogP contribution in [0.3, 0.4) is 0 Å². The molecule has 0 unspecified atom stereocenters. The Labute approximate surface area is 207 Å². The average molecular weight is 523 g/mol. The Morgan fingerprint density at radius 3 is 2.27 bits per heavy atom. The second-order valence-electron chi connectivity index (χ2n) is 8.14. The first-order chi connectivity index (χ1) is 16.1. The van der Waals surface area contributed by atoms with Crippen LogP contribution in [0.4, 0.5) is 0 Å². The highest BCUT2D eigenvalue weighted by molar-refractivity contribution is 9.10. The molecule has 0 bridgehead atoms. The zero-order valence-electron chi connectivity index (χ0n) is 20.0. The van der Waals surface area contributed by atoms with Gasteiger partial charge in [-0.15, -0.1) is 0 Å². The Morgan fingerprint density at radius 1 is 1.00 bits per heavy atom. The van der Waals surface area contributed by atoms with Crippen molar-refractivity contribution in [3.8, 4) is 5.75 Å². The second kappa shape index (κ2) is 19.3. The van der Waals surface area contributed by atoms with Gasteiger partial charge in [-0.25, -0.2) is 5.43 Å². The van der Waals surface area contributed by atoms with Crippen LogP contribution >= 0.6 is 15.9 Å². The Kier molecular flexibility index (Phi) is 16.9. The maximum absolute atomic E-state index is 11.9. The minimum absolute atomic E-state index is 0.0908. The number of carbonyl (C=O) groups excluding carboxylic acids is 2. The van der Waals surface area contributed by atoms with Crippen LogP contribution in [0, 0.1) is 0 Å². The molecule has 1 aromatic carbocycles. The lowest BCUT2D eigenvalue weighted by atomic mass is 10.1. The van der Waals surface area contributed by atoms with E-state index in [1.165, 1.54) is 64.0 Å². The van der Waals surface area contributed by atoms with Gasteiger partial charge in [-0.1, -0.05) is 99.7 Å². The first kappa shape index (κ1) is 28.9. The van der Waals surface area contributed by atoms with E-state index >= 15 is 0 Å². The molecule has 7 heteroatoms. The molecule has 0 spiro atoms. The van der Waals surface area contributed by atoms with E-state index < -0.39 is 0 Å². The predicted octanol–water partition coefficient (Wildman–Crippen LogP) is 6.28. The summed E-state index contributed by atoms with van der Waals surface area (Å²) in [5.41, 5.74) is 3.14. The van der Waals surface area contributed by atoms with Crippen molar-refractivity contribution in [3.05, 3.63) is 40.9 Å². The highest BCUT2D eigenvalue weighted by Crippen LogP contribution is 2.21. The van der Waals surface area contributed by atoms with Crippen molar-refractivity contribution in [2.75, 3.05) is 13.2 Å². The van der Waals surface area contributed by atoms with E-state index in [4.69, 9.17) is 4.74 Å². The van der Waals surface area contributed by atoms with Crippen molar-refractivity contribution in [3.63, 3.8) is 0 Å². The summed E-state index contributed by atoms with van der Waals surface area (Å²) in [5.74, 6) is 0.163. The summed E-state index contributed by atoms with van der Waals surface area (Å²) in [4.78, 5) is 23.9. The largest absolute Gasteiger partial charge is 0.489 e. The van der Waals surface area contributed by atoms with Crippen LogP contribution in [0.5, 0.6) is 5.75 Å². The van der Waals surface area contributed by atoms with Gasteiger partial charge in [0.15, 0.2) is 0 Å². The molecule has 1 aromatic rings. The molecule has 0 aromatic heterocycles. The molecule has 0 saturated carbocycles. The zero-order valence-corrected chi connectivity index (χ0v) is 21.6. The van der Waals surface area contributed by atoms with Gasteiger partial charge in [0.25, 0.3) is 5.91 Å². The fourth-order valence-corrected chi connectivity index (χ4v) is 3.71. The number of benzene rings is 1. The molecular weight excluding hydrogens is 482 g/mol. The van der Waals surface area contributed by atoms with Crippen LogP contribution in [0.1, 0.15) is 89.5 Å². The summed E-state index contributed by atoms with van der Waals surface area (Å²) >= 11 is 3.41. The molecular formula is C26H40BrN3O3. The van der Waals surface area contributed by atoms with E-state index in [0.717, 1.165) is 17.3 Å². The fraction of sp³-hybridized carbons (Fsp3) is 0.577. The minimum Gasteiger partial charge on any atom is -0.489 e. The molecule has 184 valence electrons. The van der Waals surface area contributed by atoms with Crippen LogP contribution in [0.25, 0.3) is 0 Å². The van der Waals surface area contributed by atoms with Crippen LogP contribution in [-0.2, 0) is 9.59 Å². The van der Waals surface area contributed by atoms with Gasteiger partial charge in [0.1, 0.15) is 12.4 Å². The number of carbonyl (C=O) groups is 2. The Balaban J connectivity index is 2.12. The molecule has 0 fully saturated rings. The summed E-state index contributed by atoms with van der Waals surface area (Å²) in [7, 11) is 0.